The molecule has 1 saturated heterocycles. The van der Waals surface area contributed by atoms with E-state index in [2.05, 4.69) is 20.4 Å². The molecular formula is C20H19N5O3. The Balaban J connectivity index is 1.34. The second-order valence-electron chi connectivity index (χ2n) is 6.50. The maximum absolute atomic E-state index is 12.3. The van der Waals surface area contributed by atoms with E-state index in [1.165, 1.54) is 0 Å². The molecule has 3 aromatic rings. The average molecular weight is 377 g/mol. The second kappa shape index (κ2) is 7.99. The topological polar surface area (TPSA) is 101 Å². The van der Waals surface area contributed by atoms with Crippen molar-refractivity contribution in [3.05, 3.63) is 54.7 Å². The molecule has 0 radical (unpaired) electrons. The molecular weight excluding hydrogens is 358 g/mol. The second-order valence-corrected chi connectivity index (χ2v) is 6.50. The summed E-state index contributed by atoms with van der Waals surface area (Å²) in [6.45, 7) is 0.715. The minimum absolute atomic E-state index is 0.116. The van der Waals surface area contributed by atoms with Crippen LogP contribution in [0.1, 0.15) is 25.2 Å². The maximum Gasteiger partial charge on any atom is 0.227 e. The number of aromatic nitrogens is 3. The summed E-state index contributed by atoms with van der Waals surface area (Å²) in [7, 11) is 0. The average Bonchev–Trinajstić information content (AvgIpc) is 3.36. The molecule has 4 rings (SSSR count). The van der Waals surface area contributed by atoms with Crippen LogP contribution in [0.3, 0.4) is 0 Å². The lowest BCUT2D eigenvalue weighted by Crippen LogP contribution is -2.23. The Morgan fingerprint density at radius 3 is 2.86 bits per heavy atom. The van der Waals surface area contributed by atoms with E-state index >= 15 is 0 Å². The Hall–Kier alpha value is -3.55. The number of carbonyl (C=O) groups is 2. The van der Waals surface area contributed by atoms with Gasteiger partial charge in [-0.25, -0.2) is 0 Å². The maximum atomic E-state index is 12.3. The number of rotatable bonds is 6. The first-order valence-corrected chi connectivity index (χ1v) is 9.12. The van der Waals surface area contributed by atoms with Crippen molar-refractivity contribution in [2.75, 3.05) is 16.8 Å². The van der Waals surface area contributed by atoms with Crippen LogP contribution >= 0.6 is 0 Å². The van der Waals surface area contributed by atoms with Gasteiger partial charge in [0.25, 0.3) is 0 Å². The zero-order valence-corrected chi connectivity index (χ0v) is 15.2. The molecule has 0 unspecified atom stereocenters. The van der Waals surface area contributed by atoms with Crippen LogP contribution in [-0.2, 0) is 16.0 Å². The van der Waals surface area contributed by atoms with Gasteiger partial charge in [-0.05, 0) is 36.8 Å². The van der Waals surface area contributed by atoms with Crippen LogP contribution in [0, 0.1) is 0 Å². The van der Waals surface area contributed by atoms with Crippen molar-refractivity contribution >= 4 is 23.2 Å². The number of carbonyl (C=O) groups excluding carboxylic acids is 2. The lowest BCUT2D eigenvalue weighted by molar-refractivity contribution is -0.117. The van der Waals surface area contributed by atoms with Gasteiger partial charge in [-0.1, -0.05) is 11.2 Å². The number of pyridine rings is 1. The fourth-order valence-corrected chi connectivity index (χ4v) is 3.09. The molecule has 0 saturated carbocycles. The molecule has 2 amide bonds. The number of aryl methyl sites for hydroxylation is 1. The molecule has 0 aliphatic carbocycles. The van der Waals surface area contributed by atoms with Crippen LogP contribution in [0.4, 0.5) is 11.4 Å². The molecule has 3 heterocycles. The van der Waals surface area contributed by atoms with Crippen molar-refractivity contribution in [2.24, 2.45) is 0 Å². The highest BCUT2D eigenvalue weighted by Crippen LogP contribution is 2.24. The van der Waals surface area contributed by atoms with Crippen molar-refractivity contribution in [1.29, 1.82) is 0 Å². The van der Waals surface area contributed by atoms with Crippen LogP contribution in [0.5, 0.6) is 0 Å². The number of amides is 2. The predicted octanol–water partition coefficient (Wildman–Crippen LogP) is 2.83. The summed E-state index contributed by atoms with van der Waals surface area (Å²) >= 11 is 0. The molecule has 0 bridgehead atoms. The van der Waals surface area contributed by atoms with E-state index in [1.807, 2.05) is 18.2 Å². The number of benzene rings is 1. The smallest absolute Gasteiger partial charge is 0.227 e. The third-order valence-electron chi connectivity index (χ3n) is 4.49. The van der Waals surface area contributed by atoms with E-state index in [4.69, 9.17) is 4.52 Å². The normalized spacial score (nSPS) is 13.7. The standard InChI is InChI=1S/C20H19N5O3/c26-17(6-7-18-23-20(24-28-18)14-8-10-21-11-9-14)22-15-3-1-4-16(13-15)25-12-2-5-19(25)27/h1,3-4,8-11,13H,2,5-7,12H2,(H,22,26). The van der Waals surface area contributed by atoms with Crippen molar-refractivity contribution in [3.8, 4) is 11.4 Å². The molecule has 28 heavy (non-hydrogen) atoms. The Kier molecular flexibility index (Phi) is 5.09. The molecule has 0 spiro atoms. The molecule has 142 valence electrons. The van der Waals surface area contributed by atoms with E-state index in [1.54, 1.807) is 35.5 Å². The number of hydrogen-bond acceptors (Lipinski definition) is 6. The fourth-order valence-electron chi connectivity index (χ4n) is 3.09. The lowest BCUT2D eigenvalue weighted by atomic mass is 10.2. The van der Waals surface area contributed by atoms with E-state index in [0.29, 0.717) is 36.8 Å². The van der Waals surface area contributed by atoms with Gasteiger partial charge >= 0.3 is 0 Å². The molecule has 1 fully saturated rings. The van der Waals surface area contributed by atoms with Gasteiger partial charge in [0.2, 0.25) is 23.5 Å². The Labute approximate surface area is 161 Å². The van der Waals surface area contributed by atoms with Gasteiger partial charge in [-0.2, -0.15) is 4.98 Å². The summed E-state index contributed by atoms with van der Waals surface area (Å²) in [5.74, 6) is 0.831. The Morgan fingerprint density at radius 1 is 1.21 bits per heavy atom. The van der Waals surface area contributed by atoms with Crippen molar-refractivity contribution in [3.63, 3.8) is 0 Å². The van der Waals surface area contributed by atoms with Crippen LogP contribution in [0.15, 0.2) is 53.3 Å². The van der Waals surface area contributed by atoms with Gasteiger partial charge in [0.05, 0.1) is 0 Å². The molecule has 8 heteroatoms. The minimum atomic E-state index is -0.159. The summed E-state index contributed by atoms with van der Waals surface area (Å²) in [6, 6.07) is 10.9. The summed E-state index contributed by atoms with van der Waals surface area (Å²) in [5, 5.41) is 6.78. The Morgan fingerprint density at radius 2 is 2.07 bits per heavy atom. The first-order chi connectivity index (χ1) is 13.7. The van der Waals surface area contributed by atoms with Gasteiger partial charge in [0.1, 0.15) is 0 Å². The van der Waals surface area contributed by atoms with Gasteiger partial charge in [0, 0.05) is 55.1 Å². The van der Waals surface area contributed by atoms with E-state index in [9.17, 15) is 9.59 Å². The zero-order valence-electron chi connectivity index (χ0n) is 15.2. The Bertz CT molecular complexity index is 986. The first-order valence-electron chi connectivity index (χ1n) is 9.12. The van der Waals surface area contributed by atoms with Crippen LogP contribution < -0.4 is 10.2 Å². The molecule has 0 atom stereocenters. The molecule has 2 aromatic heterocycles. The minimum Gasteiger partial charge on any atom is -0.339 e. The quantitative estimate of drug-likeness (QED) is 0.709. The highest BCUT2D eigenvalue weighted by molar-refractivity contribution is 5.97. The highest BCUT2D eigenvalue weighted by Gasteiger charge is 2.21. The largest absolute Gasteiger partial charge is 0.339 e. The molecule has 8 nitrogen and oxygen atoms in total. The summed E-state index contributed by atoms with van der Waals surface area (Å²) in [4.78, 5) is 34.2. The molecule has 1 aliphatic heterocycles. The highest BCUT2D eigenvalue weighted by atomic mass is 16.5. The monoisotopic (exact) mass is 377 g/mol. The number of nitrogens with one attached hydrogen (secondary N) is 1. The number of nitrogens with zero attached hydrogens (tertiary/aromatic N) is 4. The molecule has 1 aromatic carbocycles. The summed E-state index contributed by atoms with van der Waals surface area (Å²) in [6.07, 6.45) is 5.30. The van der Waals surface area contributed by atoms with Gasteiger partial charge in [-0.15, -0.1) is 0 Å². The first kappa shape index (κ1) is 17.8. The van der Waals surface area contributed by atoms with E-state index in [0.717, 1.165) is 17.7 Å². The number of anilines is 2. The molecule has 1 aliphatic rings. The van der Waals surface area contributed by atoms with E-state index < -0.39 is 0 Å². The SMILES string of the molecule is O=C(CCc1nc(-c2ccncc2)no1)Nc1cccc(N2CCCC2=O)c1. The van der Waals surface area contributed by atoms with Crippen LogP contribution in [0.25, 0.3) is 11.4 Å². The fraction of sp³-hybridized carbons (Fsp3) is 0.250. The third kappa shape index (κ3) is 4.06. The van der Waals surface area contributed by atoms with Crippen molar-refractivity contribution < 1.29 is 14.1 Å². The predicted molar refractivity (Wildman–Crippen MR) is 103 cm³/mol. The van der Waals surface area contributed by atoms with Crippen LogP contribution in [0.2, 0.25) is 0 Å². The van der Waals surface area contributed by atoms with Crippen LogP contribution in [-0.4, -0.2) is 33.5 Å². The summed E-state index contributed by atoms with van der Waals surface area (Å²) in [5.41, 5.74) is 2.27. The van der Waals surface area contributed by atoms with Crippen molar-refractivity contribution in [2.45, 2.75) is 25.7 Å². The lowest BCUT2D eigenvalue weighted by Gasteiger charge is -2.16. The molecule has 1 N–H and O–H groups in total. The summed E-state index contributed by atoms with van der Waals surface area (Å²) < 4.78 is 5.21. The zero-order chi connectivity index (χ0) is 19.3. The van der Waals surface area contributed by atoms with Crippen molar-refractivity contribution in [1.82, 2.24) is 15.1 Å². The van der Waals surface area contributed by atoms with Gasteiger partial charge < -0.3 is 14.7 Å². The number of hydrogen-bond donors (Lipinski definition) is 1. The van der Waals surface area contributed by atoms with Gasteiger partial charge in [0.15, 0.2) is 0 Å². The third-order valence-corrected chi connectivity index (χ3v) is 4.49. The van der Waals surface area contributed by atoms with E-state index in [-0.39, 0.29) is 18.2 Å². The van der Waals surface area contributed by atoms with Gasteiger partial charge in [-0.3, -0.25) is 14.6 Å².